The molecule has 3 nitrogen and oxygen atoms in total. The van der Waals surface area contributed by atoms with Crippen molar-refractivity contribution < 1.29 is 9.53 Å². The predicted molar refractivity (Wildman–Crippen MR) is 79.6 cm³/mol. The molecule has 0 aliphatic heterocycles. The van der Waals surface area contributed by atoms with Gasteiger partial charge in [-0.2, -0.15) is 0 Å². The highest BCUT2D eigenvalue weighted by atomic mass is 16.5. The second kappa shape index (κ2) is 7.34. The molecule has 2 aromatic carbocycles. The van der Waals surface area contributed by atoms with Crippen LogP contribution >= 0.6 is 0 Å². The van der Waals surface area contributed by atoms with Crippen LogP contribution in [0.5, 0.6) is 5.75 Å². The van der Waals surface area contributed by atoms with Crippen molar-refractivity contribution in [3.8, 4) is 5.75 Å². The number of para-hydroxylation sites is 1. The Balaban J connectivity index is 1.73. The van der Waals surface area contributed by atoms with Crippen LogP contribution in [-0.4, -0.2) is 12.5 Å². The third-order valence-electron chi connectivity index (χ3n) is 3.02. The second-order valence-electron chi connectivity index (χ2n) is 4.61. The van der Waals surface area contributed by atoms with E-state index in [9.17, 15) is 4.79 Å². The van der Waals surface area contributed by atoms with Gasteiger partial charge < -0.3 is 10.1 Å². The van der Waals surface area contributed by atoms with Crippen LogP contribution in [0.3, 0.4) is 0 Å². The van der Waals surface area contributed by atoms with E-state index in [-0.39, 0.29) is 11.9 Å². The second-order valence-corrected chi connectivity index (χ2v) is 4.61. The first kappa shape index (κ1) is 14.1. The summed E-state index contributed by atoms with van der Waals surface area (Å²) in [7, 11) is 0. The van der Waals surface area contributed by atoms with E-state index in [0.717, 1.165) is 11.3 Å². The summed E-state index contributed by atoms with van der Waals surface area (Å²) in [5.41, 5.74) is 1.10. The molecule has 2 aromatic rings. The third-order valence-corrected chi connectivity index (χ3v) is 3.02. The van der Waals surface area contributed by atoms with Crippen LogP contribution in [0.15, 0.2) is 60.7 Å². The summed E-state index contributed by atoms with van der Waals surface area (Å²) >= 11 is 0. The highest BCUT2D eigenvalue weighted by Gasteiger charge is 2.08. The monoisotopic (exact) mass is 269 g/mol. The van der Waals surface area contributed by atoms with Gasteiger partial charge in [-0.05, 0) is 24.6 Å². The Morgan fingerprint density at radius 1 is 1.05 bits per heavy atom. The number of carbonyl (C=O) groups excluding carboxylic acids is 1. The molecule has 0 saturated carbocycles. The van der Waals surface area contributed by atoms with Crippen molar-refractivity contribution >= 4 is 5.91 Å². The van der Waals surface area contributed by atoms with E-state index >= 15 is 0 Å². The molecule has 0 bridgehead atoms. The average Bonchev–Trinajstić information content (AvgIpc) is 2.49. The van der Waals surface area contributed by atoms with Gasteiger partial charge in [0, 0.05) is 0 Å². The molecule has 0 unspecified atom stereocenters. The Morgan fingerprint density at radius 3 is 2.30 bits per heavy atom. The Labute approximate surface area is 119 Å². The van der Waals surface area contributed by atoms with Crippen molar-refractivity contribution in [2.24, 2.45) is 0 Å². The maximum Gasteiger partial charge on any atom is 0.223 e. The van der Waals surface area contributed by atoms with Gasteiger partial charge in [0.2, 0.25) is 5.91 Å². The topological polar surface area (TPSA) is 38.3 Å². The van der Waals surface area contributed by atoms with Crippen molar-refractivity contribution in [2.45, 2.75) is 19.4 Å². The first-order chi connectivity index (χ1) is 9.75. The van der Waals surface area contributed by atoms with Crippen LogP contribution in [0.25, 0.3) is 0 Å². The summed E-state index contributed by atoms with van der Waals surface area (Å²) < 4.78 is 5.50. The molecule has 0 aliphatic rings. The maximum atomic E-state index is 11.8. The Bertz CT molecular complexity index is 525. The number of benzene rings is 2. The van der Waals surface area contributed by atoms with Crippen molar-refractivity contribution in [3.05, 3.63) is 66.2 Å². The van der Waals surface area contributed by atoms with Crippen LogP contribution in [-0.2, 0) is 4.79 Å². The van der Waals surface area contributed by atoms with Gasteiger partial charge in [-0.1, -0.05) is 48.5 Å². The molecule has 104 valence electrons. The summed E-state index contributed by atoms with van der Waals surface area (Å²) in [6.45, 7) is 2.36. The van der Waals surface area contributed by atoms with Gasteiger partial charge >= 0.3 is 0 Å². The Hall–Kier alpha value is -2.29. The van der Waals surface area contributed by atoms with Gasteiger partial charge in [-0.25, -0.2) is 0 Å². The molecular formula is C17H19NO2. The van der Waals surface area contributed by atoms with E-state index < -0.39 is 0 Å². The zero-order valence-electron chi connectivity index (χ0n) is 11.6. The van der Waals surface area contributed by atoms with E-state index in [1.54, 1.807) is 0 Å². The lowest BCUT2D eigenvalue weighted by Crippen LogP contribution is -2.27. The molecule has 0 spiro atoms. The van der Waals surface area contributed by atoms with Crippen molar-refractivity contribution in [2.75, 3.05) is 6.61 Å². The smallest absolute Gasteiger partial charge is 0.223 e. The zero-order chi connectivity index (χ0) is 14.2. The number of ether oxygens (including phenoxy) is 1. The van der Waals surface area contributed by atoms with Gasteiger partial charge in [0.15, 0.2) is 0 Å². The predicted octanol–water partition coefficient (Wildman–Crippen LogP) is 3.33. The van der Waals surface area contributed by atoms with E-state index in [1.165, 1.54) is 0 Å². The largest absolute Gasteiger partial charge is 0.493 e. The fourth-order valence-electron chi connectivity index (χ4n) is 1.92. The average molecular weight is 269 g/mol. The molecule has 0 heterocycles. The number of nitrogens with one attached hydrogen (secondary N) is 1. The third kappa shape index (κ3) is 4.43. The van der Waals surface area contributed by atoms with Crippen LogP contribution in [0.1, 0.15) is 24.9 Å². The summed E-state index contributed by atoms with van der Waals surface area (Å²) in [5, 5.41) is 2.96. The molecule has 0 aliphatic carbocycles. The number of carbonyl (C=O) groups is 1. The van der Waals surface area contributed by atoms with Gasteiger partial charge in [0.25, 0.3) is 0 Å². The molecule has 2 rings (SSSR count). The lowest BCUT2D eigenvalue weighted by molar-refractivity contribution is -0.122. The van der Waals surface area contributed by atoms with E-state index in [4.69, 9.17) is 4.74 Å². The highest BCUT2D eigenvalue weighted by Crippen LogP contribution is 2.11. The Kier molecular flexibility index (Phi) is 5.18. The summed E-state index contributed by atoms with van der Waals surface area (Å²) in [6.07, 6.45) is 0.353. The minimum Gasteiger partial charge on any atom is -0.493 e. The normalized spacial score (nSPS) is 11.7. The molecule has 20 heavy (non-hydrogen) atoms. The lowest BCUT2D eigenvalue weighted by atomic mass is 10.1. The molecule has 1 atom stereocenters. The van der Waals surface area contributed by atoms with E-state index in [0.29, 0.717) is 13.0 Å². The minimum atomic E-state index is -0.00251. The van der Waals surface area contributed by atoms with Crippen molar-refractivity contribution in [1.82, 2.24) is 5.32 Å². The summed E-state index contributed by atoms with van der Waals surface area (Å²) in [6, 6.07) is 19.4. The number of hydrogen-bond acceptors (Lipinski definition) is 2. The van der Waals surface area contributed by atoms with Gasteiger partial charge in [0.1, 0.15) is 5.75 Å². The quantitative estimate of drug-likeness (QED) is 0.873. The van der Waals surface area contributed by atoms with E-state index in [1.807, 2.05) is 67.6 Å². The van der Waals surface area contributed by atoms with E-state index in [2.05, 4.69) is 5.32 Å². The van der Waals surface area contributed by atoms with Crippen LogP contribution < -0.4 is 10.1 Å². The van der Waals surface area contributed by atoms with Crippen LogP contribution in [0.2, 0.25) is 0 Å². The fourth-order valence-corrected chi connectivity index (χ4v) is 1.92. The van der Waals surface area contributed by atoms with Gasteiger partial charge in [-0.3, -0.25) is 4.79 Å². The zero-order valence-corrected chi connectivity index (χ0v) is 11.6. The highest BCUT2D eigenvalue weighted by molar-refractivity contribution is 5.76. The van der Waals surface area contributed by atoms with Crippen LogP contribution in [0.4, 0.5) is 0 Å². The number of rotatable bonds is 6. The lowest BCUT2D eigenvalue weighted by Gasteiger charge is -2.14. The van der Waals surface area contributed by atoms with Crippen molar-refractivity contribution in [1.29, 1.82) is 0 Å². The standard InChI is InChI=1S/C17H19NO2/c1-14(15-8-4-2-5-9-15)18-17(19)12-13-20-16-10-6-3-7-11-16/h2-11,14H,12-13H2,1H3,(H,18,19)/t14-/m1/s1. The molecule has 0 saturated heterocycles. The molecule has 3 heteroatoms. The summed E-state index contributed by atoms with van der Waals surface area (Å²) in [4.78, 5) is 11.8. The summed E-state index contributed by atoms with van der Waals surface area (Å²) in [5.74, 6) is 0.786. The molecule has 1 N–H and O–H groups in total. The van der Waals surface area contributed by atoms with Crippen molar-refractivity contribution in [3.63, 3.8) is 0 Å². The molecule has 0 fully saturated rings. The first-order valence-corrected chi connectivity index (χ1v) is 6.78. The fraction of sp³-hybridized carbons (Fsp3) is 0.235. The Morgan fingerprint density at radius 2 is 1.65 bits per heavy atom. The molecule has 0 aromatic heterocycles. The van der Waals surface area contributed by atoms with Gasteiger partial charge in [-0.15, -0.1) is 0 Å². The number of amides is 1. The SMILES string of the molecule is C[C@@H](NC(=O)CCOc1ccccc1)c1ccccc1. The maximum absolute atomic E-state index is 11.8. The van der Waals surface area contributed by atoms with Crippen LogP contribution in [0, 0.1) is 0 Å². The van der Waals surface area contributed by atoms with Gasteiger partial charge in [0.05, 0.1) is 19.1 Å². The molecule has 1 amide bonds. The molecular weight excluding hydrogens is 250 g/mol. The minimum absolute atomic E-state index is 0.00251. The molecule has 0 radical (unpaired) electrons. The first-order valence-electron chi connectivity index (χ1n) is 6.78. The number of hydrogen-bond donors (Lipinski definition) is 1.